The molecule has 1 N–H and O–H groups in total. The Balaban J connectivity index is 1.72. The van der Waals surface area contributed by atoms with Crippen LogP contribution in [0.5, 0.6) is 0 Å². The number of amides is 2. The summed E-state index contributed by atoms with van der Waals surface area (Å²) in [7, 11) is 0. The van der Waals surface area contributed by atoms with E-state index in [1.807, 2.05) is 37.3 Å². The van der Waals surface area contributed by atoms with Crippen LogP contribution in [0.15, 0.2) is 87.9 Å². The van der Waals surface area contributed by atoms with Crippen molar-refractivity contribution in [1.82, 2.24) is 0 Å². The molecule has 1 heterocycles. The van der Waals surface area contributed by atoms with Gasteiger partial charge in [-0.3, -0.25) is 14.5 Å². The minimum absolute atomic E-state index is 0.183. The second-order valence-electron chi connectivity index (χ2n) is 7.70. The molecule has 3 aromatic carbocycles. The van der Waals surface area contributed by atoms with E-state index in [0.29, 0.717) is 17.8 Å². The second kappa shape index (κ2) is 10.2. The fourth-order valence-electron chi connectivity index (χ4n) is 3.59. The number of anilines is 2. The number of hydrogen-bond donors (Lipinski definition) is 1. The summed E-state index contributed by atoms with van der Waals surface area (Å²) in [4.78, 5) is 27.8. The van der Waals surface area contributed by atoms with Crippen LogP contribution in [0, 0.1) is 24.1 Å². The molecule has 0 radical (unpaired) electrons. The van der Waals surface area contributed by atoms with E-state index in [-0.39, 0.29) is 16.5 Å². The average molecular weight is 536 g/mol. The van der Waals surface area contributed by atoms with Gasteiger partial charge in [0.15, 0.2) is 0 Å². The molecule has 1 saturated heterocycles. The number of nitrogens with zero attached hydrogens (tertiary/aromatic N) is 2. The molecule has 1 aliphatic rings. The average Bonchev–Trinajstić information content (AvgIpc) is 3.12. The van der Waals surface area contributed by atoms with Crippen molar-refractivity contribution in [1.29, 1.82) is 5.26 Å². The highest BCUT2D eigenvalue weighted by Crippen LogP contribution is 2.42. The Hall–Kier alpha value is -3.41. The molecule has 1 fully saturated rings. The van der Waals surface area contributed by atoms with Crippen molar-refractivity contribution < 1.29 is 14.0 Å². The van der Waals surface area contributed by atoms with Gasteiger partial charge in [0.2, 0.25) is 5.91 Å². The predicted molar refractivity (Wildman–Crippen MR) is 136 cm³/mol. The van der Waals surface area contributed by atoms with Gasteiger partial charge in [-0.05, 0) is 67.4 Å². The van der Waals surface area contributed by atoms with Crippen LogP contribution in [0.3, 0.4) is 0 Å². The van der Waals surface area contributed by atoms with E-state index in [1.54, 1.807) is 24.3 Å². The van der Waals surface area contributed by atoms with Gasteiger partial charge in [0.05, 0.1) is 5.25 Å². The summed E-state index contributed by atoms with van der Waals surface area (Å²) in [5, 5.41) is 12.3. The summed E-state index contributed by atoms with van der Waals surface area (Å²) in [5.41, 5.74) is 2.78. The maximum absolute atomic E-state index is 13.6. The van der Waals surface area contributed by atoms with Gasteiger partial charge >= 0.3 is 0 Å². The number of thioether (sulfide) groups is 1. The topological polar surface area (TPSA) is 73.2 Å². The van der Waals surface area contributed by atoms with Crippen LogP contribution in [-0.2, 0) is 16.0 Å². The van der Waals surface area contributed by atoms with Crippen LogP contribution in [0.4, 0.5) is 15.8 Å². The van der Waals surface area contributed by atoms with Gasteiger partial charge < -0.3 is 5.32 Å². The van der Waals surface area contributed by atoms with Crippen LogP contribution in [0.2, 0.25) is 0 Å². The third-order valence-corrected chi connectivity index (χ3v) is 6.99. The van der Waals surface area contributed by atoms with Crippen molar-refractivity contribution in [2.24, 2.45) is 0 Å². The molecule has 1 unspecified atom stereocenters. The van der Waals surface area contributed by atoms with E-state index in [4.69, 9.17) is 0 Å². The molecule has 1 atom stereocenters. The molecule has 3 aromatic rings. The fraction of sp³-hybridized carbons (Fsp3) is 0.115. The Morgan fingerprint density at radius 3 is 2.50 bits per heavy atom. The van der Waals surface area contributed by atoms with E-state index < -0.39 is 17.0 Å². The largest absolute Gasteiger partial charge is 0.321 e. The lowest BCUT2D eigenvalue weighted by Crippen LogP contribution is -2.31. The second-order valence-corrected chi connectivity index (χ2v) is 9.81. The van der Waals surface area contributed by atoms with Gasteiger partial charge in [0.25, 0.3) is 5.91 Å². The molecule has 0 saturated carbocycles. The first-order chi connectivity index (χ1) is 16.4. The van der Waals surface area contributed by atoms with Gasteiger partial charge in [-0.2, -0.15) is 5.26 Å². The van der Waals surface area contributed by atoms with E-state index >= 15 is 0 Å². The fourth-order valence-corrected chi connectivity index (χ4v) is 5.16. The molecule has 0 bridgehead atoms. The summed E-state index contributed by atoms with van der Waals surface area (Å²) in [5.74, 6) is -1.33. The zero-order chi connectivity index (χ0) is 24.2. The van der Waals surface area contributed by atoms with Crippen LogP contribution in [0.1, 0.15) is 11.1 Å². The monoisotopic (exact) mass is 535 g/mol. The number of nitrogens with one attached hydrogen (secondary N) is 1. The van der Waals surface area contributed by atoms with Crippen molar-refractivity contribution in [3.05, 3.63) is 105 Å². The van der Waals surface area contributed by atoms with Gasteiger partial charge in [0, 0.05) is 15.8 Å². The minimum atomic E-state index is -0.622. The molecule has 0 aliphatic carbocycles. The molecule has 8 heteroatoms. The number of hydrogen-bond acceptors (Lipinski definition) is 4. The summed E-state index contributed by atoms with van der Waals surface area (Å²) in [6, 6.07) is 22.2. The molecule has 1 aliphatic heterocycles. The zero-order valence-corrected chi connectivity index (χ0v) is 20.5. The first kappa shape index (κ1) is 23.7. The maximum Gasteiger partial charge on any atom is 0.269 e. The highest BCUT2D eigenvalue weighted by atomic mass is 79.9. The van der Waals surface area contributed by atoms with E-state index in [1.165, 1.54) is 40.9 Å². The smallest absolute Gasteiger partial charge is 0.269 e. The normalized spacial score (nSPS) is 16.8. The summed E-state index contributed by atoms with van der Waals surface area (Å²) in [6.45, 7) is 1.98. The molecule has 34 heavy (non-hydrogen) atoms. The molecular formula is C26H19BrFN3O2S. The predicted octanol–water partition coefficient (Wildman–Crippen LogP) is 5.96. The third kappa shape index (κ3) is 5.22. The third-order valence-electron chi connectivity index (χ3n) is 5.20. The van der Waals surface area contributed by atoms with Crippen LogP contribution in [-0.4, -0.2) is 17.1 Å². The molecule has 5 nitrogen and oxygen atoms in total. The molecular weight excluding hydrogens is 517 g/mol. The number of carbonyl (C=O) groups is 2. The number of benzene rings is 3. The summed E-state index contributed by atoms with van der Waals surface area (Å²) < 4.78 is 14.4. The number of carbonyl (C=O) groups excluding carboxylic acids is 2. The van der Waals surface area contributed by atoms with Crippen molar-refractivity contribution >= 4 is 50.9 Å². The molecule has 2 amide bonds. The van der Waals surface area contributed by atoms with Gasteiger partial charge in [-0.15, -0.1) is 0 Å². The number of rotatable bonds is 5. The lowest BCUT2D eigenvalue weighted by Gasteiger charge is -2.18. The molecule has 4 rings (SSSR count). The number of nitriles is 1. The zero-order valence-electron chi connectivity index (χ0n) is 18.1. The van der Waals surface area contributed by atoms with E-state index in [0.717, 1.165) is 15.6 Å². The van der Waals surface area contributed by atoms with Crippen molar-refractivity contribution in [2.45, 2.75) is 18.6 Å². The van der Waals surface area contributed by atoms with Crippen molar-refractivity contribution in [3.8, 4) is 6.07 Å². The van der Waals surface area contributed by atoms with Crippen LogP contribution >= 0.6 is 27.7 Å². The van der Waals surface area contributed by atoms with Crippen molar-refractivity contribution in [3.63, 3.8) is 0 Å². The first-order valence-electron chi connectivity index (χ1n) is 10.4. The molecule has 170 valence electrons. The minimum Gasteiger partial charge on any atom is -0.321 e. The maximum atomic E-state index is 13.6. The highest BCUT2D eigenvalue weighted by molar-refractivity contribution is 9.10. The summed E-state index contributed by atoms with van der Waals surface area (Å²) >= 11 is 4.52. The Morgan fingerprint density at radius 2 is 1.85 bits per heavy atom. The van der Waals surface area contributed by atoms with E-state index in [2.05, 4.69) is 21.2 Å². The first-order valence-corrected chi connectivity index (χ1v) is 12.1. The number of halogens is 2. The quantitative estimate of drug-likeness (QED) is 0.323. The molecule has 0 aromatic heterocycles. The Morgan fingerprint density at radius 1 is 1.15 bits per heavy atom. The lowest BCUT2D eigenvalue weighted by atomic mass is 10.1. The Bertz CT molecular complexity index is 1320. The van der Waals surface area contributed by atoms with Crippen LogP contribution < -0.4 is 10.2 Å². The van der Waals surface area contributed by atoms with Gasteiger partial charge in [0.1, 0.15) is 22.5 Å². The van der Waals surface area contributed by atoms with Gasteiger partial charge in [-0.25, -0.2) is 4.39 Å². The van der Waals surface area contributed by atoms with E-state index in [9.17, 15) is 19.2 Å². The number of aryl methyl sites for hydroxylation is 1. The molecule has 0 spiro atoms. The van der Waals surface area contributed by atoms with Gasteiger partial charge in [-0.1, -0.05) is 57.5 Å². The highest BCUT2D eigenvalue weighted by Gasteiger charge is 2.40. The standard InChI is InChI=1S/C26H19BrFN3O2S/c1-16-3-2-4-17(13-16)14-23-25(33)31(21-11-7-19(28)8-12-21)26(34-23)22(15-29)24(32)30-20-9-5-18(27)6-10-20/h2-13,23H,14H2,1H3,(H,30,32). The Kier molecular flexibility index (Phi) is 7.15. The Labute approximate surface area is 209 Å². The summed E-state index contributed by atoms with van der Waals surface area (Å²) in [6.07, 6.45) is 0.430. The van der Waals surface area contributed by atoms with Crippen LogP contribution in [0.25, 0.3) is 0 Å². The lowest BCUT2D eigenvalue weighted by molar-refractivity contribution is -0.117. The SMILES string of the molecule is Cc1cccc(CC2SC(=C(C#N)C(=O)Nc3ccc(Br)cc3)N(c3ccc(F)cc3)C2=O)c1. The van der Waals surface area contributed by atoms with Crippen molar-refractivity contribution in [2.75, 3.05) is 10.2 Å².